The zero-order chi connectivity index (χ0) is 47.6. The molecule has 13 nitrogen and oxygen atoms in total. The molecule has 4 heterocycles. The summed E-state index contributed by atoms with van der Waals surface area (Å²) in [5, 5.41) is 4.08. The molecule has 8 rings (SSSR count). The van der Waals surface area contributed by atoms with E-state index in [0.29, 0.717) is 109 Å². The topological polar surface area (TPSA) is 119 Å². The van der Waals surface area contributed by atoms with Gasteiger partial charge in [-0.1, -0.05) is 30.6 Å². The molecule has 1 radical (unpaired) electrons. The highest BCUT2D eigenvalue weighted by molar-refractivity contribution is 6.35. The summed E-state index contributed by atoms with van der Waals surface area (Å²) in [7, 11) is 4.04. The van der Waals surface area contributed by atoms with Crippen molar-refractivity contribution in [3.63, 3.8) is 0 Å². The van der Waals surface area contributed by atoms with Gasteiger partial charge < -0.3 is 47.6 Å². The van der Waals surface area contributed by atoms with Crippen LogP contribution in [0.3, 0.4) is 0 Å². The maximum Gasteiger partial charge on any atom is 0.253 e. The second kappa shape index (κ2) is 23.0. The standard InChI is InChI=1S/C54H69BN7O6/c1-37-8-13-48-51(30-37)67-26-20-61(21-27-68-52-31-38(2)9-14-49(52)60-17-23-64-22-16-59(48)18-24-65-28-29-66-25-19-60)47-15-12-45(34-50(47)63-7)57-36-46(58-56)43-10-11-44-35-55-62-41(5)32-40(4)54(62)42(6)53(44)39(3)33-43/h8-10,12-15,30-34,36,44,46,56H,11,16-29,35H2,1-7H3. The van der Waals surface area contributed by atoms with Crippen LogP contribution in [-0.4, -0.2) is 123 Å². The first-order valence-corrected chi connectivity index (χ1v) is 24.3. The van der Waals surface area contributed by atoms with Crippen LogP contribution in [-0.2, 0) is 14.2 Å². The molecule has 0 saturated carbocycles. The number of allylic oxidation sites excluding steroid dienone is 4. The van der Waals surface area contributed by atoms with Crippen molar-refractivity contribution in [3.8, 4) is 17.2 Å². The molecular weight excluding hydrogens is 853 g/mol. The second-order valence-corrected chi connectivity index (χ2v) is 18.3. The summed E-state index contributed by atoms with van der Waals surface area (Å²) in [5.41, 5.74) is 22.9. The molecule has 1 saturated heterocycles. The van der Waals surface area contributed by atoms with Crippen molar-refractivity contribution in [1.82, 2.24) is 4.48 Å². The maximum absolute atomic E-state index is 8.28. The Labute approximate surface area is 404 Å². The van der Waals surface area contributed by atoms with Gasteiger partial charge in [-0.05, 0) is 135 Å². The van der Waals surface area contributed by atoms with Crippen LogP contribution in [0.5, 0.6) is 17.2 Å². The molecule has 0 spiro atoms. The molecule has 3 aromatic carbocycles. The van der Waals surface area contributed by atoms with E-state index in [9.17, 15) is 0 Å². The molecule has 1 N–H and O–H groups in total. The van der Waals surface area contributed by atoms with E-state index < -0.39 is 6.04 Å². The van der Waals surface area contributed by atoms with Crippen molar-refractivity contribution in [2.24, 2.45) is 16.0 Å². The molecule has 1 aliphatic carbocycles. The zero-order valence-corrected chi connectivity index (χ0v) is 41.2. The Kier molecular flexibility index (Phi) is 16.4. The average Bonchev–Trinajstić information content (AvgIpc) is 3.41. The minimum absolute atomic E-state index is 0.350. The Balaban J connectivity index is 1.07. The van der Waals surface area contributed by atoms with Crippen LogP contribution in [0, 0.1) is 39.1 Å². The Morgan fingerprint density at radius 1 is 0.691 bits per heavy atom. The fraction of sp³-hybridized carbons (Fsp3) is 0.463. The number of hydrogen-bond donors (Lipinski definition) is 1. The van der Waals surface area contributed by atoms with Gasteiger partial charge in [-0.25, -0.2) is 5.53 Å². The molecule has 0 amide bonds. The number of hydrogen-bond acceptors (Lipinski definition) is 12. The molecule has 3 aliphatic heterocycles. The smallest absolute Gasteiger partial charge is 0.253 e. The first kappa shape index (κ1) is 48.6. The van der Waals surface area contributed by atoms with Gasteiger partial charge in [0.25, 0.3) is 7.41 Å². The van der Waals surface area contributed by atoms with Crippen LogP contribution < -0.4 is 28.9 Å². The van der Waals surface area contributed by atoms with Crippen molar-refractivity contribution < 1.29 is 28.4 Å². The molecule has 1 aromatic heterocycles. The van der Waals surface area contributed by atoms with Crippen LogP contribution in [0.1, 0.15) is 48.3 Å². The SMILES string of the molecule is COc1cc(N=CC(N=N)C2=CCC3C[B]n4c(C)cc(C)c4C(C)=C3C(C)=C2)ccc1N1CCOc2cc(C)ccc2N2CCOCCOCCN(CCOCC2)c2ccc(C)cc2OCC1. The summed E-state index contributed by atoms with van der Waals surface area (Å²) < 4.78 is 40.3. The average molecular weight is 923 g/mol. The van der Waals surface area contributed by atoms with Gasteiger partial charge in [0.1, 0.15) is 36.5 Å². The highest BCUT2D eigenvalue weighted by Crippen LogP contribution is 2.41. The molecule has 359 valence electrons. The summed E-state index contributed by atoms with van der Waals surface area (Å²) in [6, 6.07) is 20.5. The highest BCUT2D eigenvalue weighted by atomic mass is 16.5. The molecule has 1 fully saturated rings. The van der Waals surface area contributed by atoms with Crippen molar-refractivity contribution in [2.75, 3.05) is 114 Å². The van der Waals surface area contributed by atoms with E-state index in [0.717, 1.165) is 58.0 Å². The molecule has 2 atom stereocenters. The molecule has 4 aliphatic rings. The van der Waals surface area contributed by atoms with Gasteiger partial charge in [0.15, 0.2) is 0 Å². The number of rotatable bonds is 6. The summed E-state index contributed by atoms with van der Waals surface area (Å²) >= 11 is 0. The Morgan fingerprint density at radius 2 is 1.25 bits per heavy atom. The van der Waals surface area contributed by atoms with Crippen LogP contribution >= 0.6 is 0 Å². The predicted molar refractivity (Wildman–Crippen MR) is 275 cm³/mol. The van der Waals surface area contributed by atoms with Gasteiger partial charge in [0, 0.05) is 49.8 Å². The monoisotopic (exact) mass is 923 g/mol. The van der Waals surface area contributed by atoms with E-state index in [2.05, 4.69) is 134 Å². The lowest BCUT2D eigenvalue weighted by Gasteiger charge is -2.30. The summed E-state index contributed by atoms with van der Waals surface area (Å²) in [6.45, 7) is 21.0. The minimum atomic E-state index is -0.528. The quantitative estimate of drug-likeness (QED) is 0.0873. The molecule has 2 bridgehead atoms. The van der Waals surface area contributed by atoms with E-state index >= 15 is 0 Å². The van der Waals surface area contributed by atoms with Gasteiger partial charge in [0.2, 0.25) is 0 Å². The third kappa shape index (κ3) is 11.5. The maximum atomic E-state index is 8.28. The number of fused-ring (bicyclic) bond motifs is 12. The summed E-state index contributed by atoms with van der Waals surface area (Å²) in [6.07, 6.45) is 8.05. The zero-order valence-electron chi connectivity index (χ0n) is 41.2. The predicted octanol–water partition coefficient (Wildman–Crippen LogP) is 9.75. The number of benzene rings is 3. The number of anilines is 3. The molecule has 4 aromatic rings. The number of methoxy groups -OCH3 is 1. The molecule has 68 heavy (non-hydrogen) atoms. The van der Waals surface area contributed by atoms with Crippen LogP contribution in [0.2, 0.25) is 6.32 Å². The Morgan fingerprint density at radius 3 is 1.84 bits per heavy atom. The fourth-order valence-corrected chi connectivity index (χ4v) is 10.1. The van der Waals surface area contributed by atoms with Gasteiger partial charge in [0.05, 0.1) is 82.6 Å². The molecule has 2 unspecified atom stereocenters. The number of nitrogens with one attached hydrogen (secondary N) is 1. The van der Waals surface area contributed by atoms with Crippen LogP contribution in [0.25, 0.3) is 5.57 Å². The molecule has 14 heteroatoms. The van der Waals surface area contributed by atoms with Crippen LogP contribution in [0.4, 0.5) is 22.7 Å². The number of nitrogens with zero attached hydrogens (tertiary/aromatic N) is 6. The first-order chi connectivity index (χ1) is 33.1. The third-order valence-corrected chi connectivity index (χ3v) is 13.5. The van der Waals surface area contributed by atoms with Crippen molar-refractivity contribution >= 4 is 42.0 Å². The van der Waals surface area contributed by atoms with Gasteiger partial charge in [-0.3, -0.25) is 4.99 Å². The Bertz CT molecular complexity index is 2460. The lowest BCUT2D eigenvalue weighted by atomic mass is 9.75. The van der Waals surface area contributed by atoms with Gasteiger partial charge in [-0.2, -0.15) is 5.11 Å². The lowest BCUT2D eigenvalue weighted by molar-refractivity contribution is 0.0530. The summed E-state index contributed by atoms with van der Waals surface area (Å²) in [5.74, 6) is 2.66. The van der Waals surface area contributed by atoms with Gasteiger partial charge in [-0.15, -0.1) is 0 Å². The van der Waals surface area contributed by atoms with E-state index in [1.165, 1.54) is 33.7 Å². The summed E-state index contributed by atoms with van der Waals surface area (Å²) in [4.78, 5) is 11.8. The van der Waals surface area contributed by atoms with E-state index in [1.54, 1.807) is 13.3 Å². The lowest BCUT2D eigenvalue weighted by Crippen LogP contribution is -2.35. The minimum Gasteiger partial charge on any atom is -0.495 e. The van der Waals surface area contributed by atoms with Gasteiger partial charge >= 0.3 is 0 Å². The van der Waals surface area contributed by atoms with E-state index in [1.807, 2.05) is 12.1 Å². The van der Waals surface area contributed by atoms with Crippen LogP contribution in [0.15, 0.2) is 99.6 Å². The fourth-order valence-electron chi connectivity index (χ4n) is 10.1. The molecular formula is C54H69BN7O6. The normalized spacial score (nSPS) is 19.6. The largest absolute Gasteiger partial charge is 0.495 e. The Hall–Kier alpha value is -5.83. The van der Waals surface area contributed by atoms with E-state index in [-0.39, 0.29) is 0 Å². The first-order valence-electron chi connectivity index (χ1n) is 24.3. The number of aryl methyl sites for hydroxylation is 4. The van der Waals surface area contributed by atoms with Crippen molar-refractivity contribution in [2.45, 2.75) is 60.3 Å². The number of aliphatic imine (C=N–C) groups is 1. The van der Waals surface area contributed by atoms with Crippen molar-refractivity contribution in [1.29, 1.82) is 5.53 Å². The highest BCUT2D eigenvalue weighted by Gasteiger charge is 2.29. The second-order valence-electron chi connectivity index (χ2n) is 18.3. The van der Waals surface area contributed by atoms with Crippen molar-refractivity contribution in [3.05, 3.63) is 118 Å². The number of ether oxygens (including phenoxy) is 6. The third-order valence-electron chi connectivity index (χ3n) is 13.5. The van der Waals surface area contributed by atoms with E-state index in [4.69, 9.17) is 38.9 Å². The number of aromatic nitrogens is 1.